The lowest BCUT2D eigenvalue weighted by Crippen LogP contribution is -2.33. The van der Waals surface area contributed by atoms with Crippen LogP contribution in [-0.4, -0.2) is 22.4 Å². The predicted octanol–water partition coefficient (Wildman–Crippen LogP) is 2.81. The maximum absolute atomic E-state index is 12.9. The normalized spacial score (nSPS) is 12.6. The van der Waals surface area contributed by atoms with Crippen LogP contribution in [0.3, 0.4) is 0 Å². The zero-order chi connectivity index (χ0) is 14.4. The molecule has 0 aliphatic heterocycles. The highest BCUT2D eigenvalue weighted by Gasteiger charge is 2.11. The van der Waals surface area contributed by atoms with E-state index in [0.717, 1.165) is 31.5 Å². The van der Waals surface area contributed by atoms with Gasteiger partial charge in [0, 0.05) is 18.8 Å². The van der Waals surface area contributed by atoms with E-state index in [9.17, 15) is 4.39 Å². The molecule has 0 saturated heterocycles. The molecule has 0 fully saturated rings. The van der Waals surface area contributed by atoms with Crippen molar-refractivity contribution < 1.29 is 4.39 Å². The van der Waals surface area contributed by atoms with E-state index in [2.05, 4.69) is 30.5 Å². The van der Waals surface area contributed by atoms with E-state index in [1.54, 1.807) is 0 Å². The summed E-state index contributed by atoms with van der Waals surface area (Å²) in [5.74, 6) is -0.182. The second-order valence-electron chi connectivity index (χ2n) is 4.99. The van der Waals surface area contributed by atoms with Crippen LogP contribution in [0.4, 0.5) is 4.39 Å². The monoisotopic (exact) mass is 275 g/mol. The Kier molecular flexibility index (Phi) is 5.30. The first-order chi connectivity index (χ1) is 9.71. The number of aryl methyl sites for hydroxylation is 1. The van der Waals surface area contributed by atoms with Crippen LogP contribution in [0.15, 0.2) is 36.7 Å². The Morgan fingerprint density at radius 2 is 1.85 bits per heavy atom. The highest BCUT2D eigenvalue weighted by molar-refractivity contribution is 5.18. The number of hydrogen-bond acceptors (Lipinski definition) is 2. The Balaban J connectivity index is 2.00. The predicted molar refractivity (Wildman–Crippen MR) is 79.2 cm³/mol. The van der Waals surface area contributed by atoms with Gasteiger partial charge in [-0.05, 0) is 49.6 Å². The van der Waals surface area contributed by atoms with Crippen LogP contribution in [0.1, 0.15) is 25.0 Å². The smallest absolute Gasteiger partial charge is 0.123 e. The SMILES string of the molecule is CCNC(Cc1ccc(F)cc1)Cc1cnn(CC)c1. The quantitative estimate of drug-likeness (QED) is 0.842. The van der Waals surface area contributed by atoms with Crippen LogP contribution in [-0.2, 0) is 19.4 Å². The van der Waals surface area contributed by atoms with Crippen molar-refractivity contribution in [1.82, 2.24) is 15.1 Å². The fourth-order valence-corrected chi connectivity index (χ4v) is 2.38. The molecule has 108 valence electrons. The minimum Gasteiger partial charge on any atom is -0.314 e. The van der Waals surface area contributed by atoms with Crippen molar-refractivity contribution >= 4 is 0 Å². The lowest BCUT2D eigenvalue weighted by atomic mass is 10.0. The van der Waals surface area contributed by atoms with Gasteiger partial charge in [-0.15, -0.1) is 0 Å². The minimum atomic E-state index is -0.182. The molecule has 0 aliphatic rings. The summed E-state index contributed by atoms with van der Waals surface area (Å²) in [5, 5.41) is 7.80. The summed E-state index contributed by atoms with van der Waals surface area (Å²) in [4.78, 5) is 0. The Morgan fingerprint density at radius 1 is 1.15 bits per heavy atom. The van der Waals surface area contributed by atoms with Gasteiger partial charge in [-0.3, -0.25) is 4.68 Å². The molecule has 0 amide bonds. The fourth-order valence-electron chi connectivity index (χ4n) is 2.38. The van der Waals surface area contributed by atoms with E-state index in [-0.39, 0.29) is 5.82 Å². The van der Waals surface area contributed by atoms with E-state index in [1.807, 2.05) is 23.0 Å². The Hall–Kier alpha value is -1.68. The third-order valence-electron chi connectivity index (χ3n) is 3.38. The van der Waals surface area contributed by atoms with Crippen molar-refractivity contribution in [2.75, 3.05) is 6.54 Å². The number of benzene rings is 1. The molecule has 20 heavy (non-hydrogen) atoms. The third kappa shape index (κ3) is 4.17. The van der Waals surface area contributed by atoms with Crippen molar-refractivity contribution in [1.29, 1.82) is 0 Å². The van der Waals surface area contributed by atoms with Crippen molar-refractivity contribution in [3.05, 3.63) is 53.6 Å². The number of nitrogens with zero attached hydrogens (tertiary/aromatic N) is 2. The van der Waals surface area contributed by atoms with Crippen LogP contribution >= 0.6 is 0 Å². The van der Waals surface area contributed by atoms with Gasteiger partial charge in [0.25, 0.3) is 0 Å². The van der Waals surface area contributed by atoms with E-state index in [1.165, 1.54) is 17.7 Å². The maximum Gasteiger partial charge on any atom is 0.123 e. The van der Waals surface area contributed by atoms with Gasteiger partial charge in [0.2, 0.25) is 0 Å². The molecule has 3 nitrogen and oxygen atoms in total. The highest BCUT2D eigenvalue weighted by Crippen LogP contribution is 2.10. The van der Waals surface area contributed by atoms with E-state index in [4.69, 9.17) is 0 Å². The van der Waals surface area contributed by atoms with E-state index in [0.29, 0.717) is 6.04 Å². The van der Waals surface area contributed by atoms with Crippen molar-refractivity contribution in [3.8, 4) is 0 Å². The van der Waals surface area contributed by atoms with Gasteiger partial charge < -0.3 is 5.32 Å². The largest absolute Gasteiger partial charge is 0.314 e. The molecule has 1 N–H and O–H groups in total. The summed E-state index contributed by atoms with van der Waals surface area (Å²) in [6, 6.07) is 7.10. The van der Waals surface area contributed by atoms with Gasteiger partial charge in [0.15, 0.2) is 0 Å². The lowest BCUT2D eigenvalue weighted by molar-refractivity contribution is 0.520. The average molecular weight is 275 g/mol. The van der Waals surface area contributed by atoms with E-state index < -0.39 is 0 Å². The molecule has 2 rings (SSSR count). The van der Waals surface area contributed by atoms with Gasteiger partial charge in [-0.1, -0.05) is 19.1 Å². The third-order valence-corrected chi connectivity index (χ3v) is 3.38. The fraction of sp³-hybridized carbons (Fsp3) is 0.438. The Morgan fingerprint density at radius 3 is 2.45 bits per heavy atom. The molecule has 1 atom stereocenters. The first kappa shape index (κ1) is 14.7. The number of nitrogens with one attached hydrogen (secondary N) is 1. The molecule has 4 heteroatoms. The van der Waals surface area contributed by atoms with Crippen LogP contribution in [0, 0.1) is 5.82 Å². The molecule has 2 aromatic rings. The highest BCUT2D eigenvalue weighted by atomic mass is 19.1. The molecule has 0 spiro atoms. The van der Waals surface area contributed by atoms with Gasteiger partial charge in [-0.25, -0.2) is 4.39 Å². The number of halogens is 1. The molecular weight excluding hydrogens is 253 g/mol. The molecule has 0 saturated carbocycles. The number of likely N-dealkylation sites (N-methyl/N-ethyl adjacent to an activating group) is 1. The summed E-state index contributed by atoms with van der Waals surface area (Å²) in [6.45, 7) is 6.00. The van der Waals surface area contributed by atoms with Crippen molar-refractivity contribution in [2.24, 2.45) is 0 Å². The van der Waals surface area contributed by atoms with E-state index >= 15 is 0 Å². The van der Waals surface area contributed by atoms with Gasteiger partial charge >= 0.3 is 0 Å². The maximum atomic E-state index is 12.9. The molecule has 0 aliphatic carbocycles. The first-order valence-electron chi connectivity index (χ1n) is 7.20. The standard InChI is InChI=1S/C16H22FN3/c1-3-18-16(9-13-5-7-15(17)8-6-13)10-14-11-19-20(4-2)12-14/h5-8,11-12,16,18H,3-4,9-10H2,1-2H3. The summed E-state index contributed by atoms with van der Waals surface area (Å²) >= 11 is 0. The number of rotatable bonds is 7. The second-order valence-corrected chi connectivity index (χ2v) is 4.99. The topological polar surface area (TPSA) is 29.9 Å². The molecule has 1 aromatic carbocycles. The summed E-state index contributed by atoms with van der Waals surface area (Å²) in [6.07, 6.45) is 5.85. The molecule has 1 heterocycles. The summed E-state index contributed by atoms with van der Waals surface area (Å²) in [5.41, 5.74) is 2.39. The van der Waals surface area contributed by atoms with Gasteiger partial charge in [-0.2, -0.15) is 5.10 Å². The van der Waals surface area contributed by atoms with Crippen LogP contribution in [0.25, 0.3) is 0 Å². The zero-order valence-corrected chi connectivity index (χ0v) is 12.1. The first-order valence-corrected chi connectivity index (χ1v) is 7.20. The molecule has 1 aromatic heterocycles. The molecular formula is C16H22FN3. The molecule has 0 radical (unpaired) electrons. The lowest BCUT2D eigenvalue weighted by Gasteiger charge is -2.17. The van der Waals surface area contributed by atoms with Crippen LogP contribution in [0.5, 0.6) is 0 Å². The number of hydrogen-bond donors (Lipinski definition) is 1. The zero-order valence-electron chi connectivity index (χ0n) is 12.1. The van der Waals surface area contributed by atoms with Crippen LogP contribution < -0.4 is 5.32 Å². The van der Waals surface area contributed by atoms with Gasteiger partial charge in [0.1, 0.15) is 5.82 Å². The van der Waals surface area contributed by atoms with Crippen LogP contribution in [0.2, 0.25) is 0 Å². The van der Waals surface area contributed by atoms with Gasteiger partial charge in [0.05, 0.1) is 6.20 Å². The molecule has 1 unspecified atom stereocenters. The number of aromatic nitrogens is 2. The van der Waals surface area contributed by atoms with Crippen molar-refractivity contribution in [2.45, 2.75) is 39.3 Å². The average Bonchev–Trinajstić information content (AvgIpc) is 2.89. The summed E-state index contributed by atoms with van der Waals surface area (Å²) in [7, 11) is 0. The minimum absolute atomic E-state index is 0.182. The Bertz CT molecular complexity index is 519. The summed E-state index contributed by atoms with van der Waals surface area (Å²) < 4.78 is 14.9. The van der Waals surface area contributed by atoms with Crippen molar-refractivity contribution in [3.63, 3.8) is 0 Å². The Labute approximate surface area is 119 Å². The molecule has 0 bridgehead atoms. The second kappa shape index (κ2) is 7.20.